The Morgan fingerprint density at radius 1 is 1.15 bits per heavy atom. The second-order valence-electron chi connectivity index (χ2n) is 6.25. The fraction of sp³-hybridized carbons (Fsp3) is 0.158. The quantitative estimate of drug-likeness (QED) is 0.555. The fourth-order valence-corrected chi connectivity index (χ4v) is 4.15. The molecule has 2 aromatic carbocycles. The lowest BCUT2D eigenvalue weighted by Crippen LogP contribution is -2.28. The van der Waals surface area contributed by atoms with Crippen LogP contribution in [0, 0.1) is 0 Å². The van der Waals surface area contributed by atoms with Crippen molar-refractivity contribution < 1.29 is 4.79 Å². The fourth-order valence-electron chi connectivity index (χ4n) is 3.34. The number of carbonyl (C=O) groups is 1. The molecule has 1 atom stereocenters. The second kappa shape index (κ2) is 6.55. The number of para-hydroxylation sites is 2. The van der Waals surface area contributed by atoms with Crippen molar-refractivity contribution in [3.63, 3.8) is 0 Å². The standard InChI is InChI=1S/C19H16N6OS/c26-17(25-15(10-11-20-25)13-6-2-1-3-7-13)12-27-19-23-22-18-21-14-8-4-5-9-16(14)24(18)19/h1-9,11,15H,10,12H2,(H,21,22)/t15-/m1/s1. The number of imidazole rings is 1. The number of benzene rings is 2. The van der Waals surface area contributed by atoms with Crippen LogP contribution in [0.4, 0.5) is 0 Å². The van der Waals surface area contributed by atoms with Gasteiger partial charge in [0.1, 0.15) is 0 Å². The van der Waals surface area contributed by atoms with Gasteiger partial charge in [-0.3, -0.25) is 9.20 Å². The molecule has 134 valence electrons. The van der Waals surface area contributed by atoms with Gasteiger partial charge in [-0.15, -0.1) is 5.10 Å². The van der Waals surface area contributed by atoms with E-state index in [9.17, 15) is 4.79 Å². The Morgan fingerprint density at radius 2 is 1.96 bits per heavy atom. The molecule has 0 saturated carbocycles. The molecule has 1 aliphatic rings. The maximum absolute atomic E-state index is 12.8. The van der Waals surface area contributed by atoms with Crippen LogP contribution in [-0.2, 0) is 4.79 Å². The molecule has 1 N–H and O–H groups in total. The molecule has 2 aromatic heterocycles. The number of H-pyrrole nitrogens is 1. The molecule has 0 aliphatic carbocycles. The number of carbonyl (C=O) groups excluding carboxylic acids is 1. The summed E-state index contributed by atoms with van der Waals surface area (Å²) in [6, 6.07) is 17.8. The van der Waals surface area contributed by atoms with Crippen LogP contribution in [0.5, 0.6) is 0 Å². The Hall–Kier alpha value is -3.13. The maximum atomic E-state index is 12.8. The largest absolute Gasteiger partial charge is 0.272 e. The molecule has 7 nitrogen and oxygen atoms in total. The Morgan fingerprint density at radius 3 is 2.85 bits per heavy atom. The number of hydrazone groups is 1. The van der Waals surface area contributed by atoms with Crippen LogP contribution in [0.3, 0.4) is 0 Å². The van der Waals surface area contributed by atoms with Gasteiger partial charge in [0.15, 0.2) is 5.16 Å². The highest BCUT2D eigenvalue weighted by Crippen LogP contribution is 2.29. The molecule has 0 fully saturated rings. The lowest BCUT2D eigenvalue weighted by molar-refractivity contribution is -0.130. The number of aromatic amines is 1. The number of hydrogen-bond donors (Lipinski definition) is 1. The van der Waals surface area contributed by atoms with Gasteiger partial charge in [0.2, 0.25) is 5.78 Å². The summed E-state index contributed by atoms with van der Waals surface area (Å²) in [7, 11) is 0. The van der Waals surface area contributed by atoms with Crippen LogP contribution in [0.1, 0.15) is 18.0 Å². The molecule has 3 heterocycles. The van der Waals surface area contributed by atoms with E-state index in [0.717, 1.165) is 23.0 Å². The zero-order valence-corrected chi connectivity index (χ0v) is 15.1. The van der Waals surface area contributed by atoms with Gasteiger partial charge in [0.25, 0.3) is 5.91 Å². The van der Waals surface area contributed by atoms with Crippen molar-refractivity contribution in [1.82, 2.24) is 24.6 Å². The van der Waals surface area contributed by atoms with Crippen molar-refractivity contribution in [2.45, 2.75) is 17.6 Å². The van der Waals surface area contributed by atoms with E-state index >= 15 is 0 Å². The summed E-state index contributed by atoms with van der Waals surface area (Å²) in [5, 5.41) is 13.8. The van der Waals surface area contributed by atoms with Crippen LogP contribution < -0.4 is 0 Å². The van der Waals surface area contributed by atoms with Crippen LogP contribution in [0.2, 0.25) is 0 Å². The van der Waals surface area contributed by atoms with Gasteiger partial charge in [-0.05, 0) is 17.7 Å². The van der Waals surface area contributed by atoms with E-state index in [4.69, 9.17) is 0 Å². The zero-order chi connectivity index (χ0) is 18.2. The summed E-state index contributed by atoms with van der Waals surface area (Å²) in [4.78, 5) is 17.3. The Kier molecular flexibility index (Phi) is 3.90. The number of amides is 1. The molecule has 8 heteroatoms. The van der Waals surface area contributed by atoms with E-state index in [1.165, 1.54) is 11.8 Å². The van der Waals surface area contributed by atoms with Crippen molar-refractivity contribution in [2.75, 3.05) is 5.75 Å². The second-order valence-corrected chi connectivity index (χ2v) is 7.20. The van der Waals surface area contributed by atoms with E-state index < -0.39 is 0 Å². The summed E-state index contributed by atoms with van der Waals surface area (Å²) < 4.78 is 1.94. The summed E-state index contributed by atoms with van der Waals surface area (Å²) in [6.07, 6.45) is 2.54. The molecule has 0 spiro atoms. The lowest BCUT2D eigenvalue weighted by Gasteiger charge is -2.21. The van der Waals surface area contributed by atoms with Crippen LogP contribution in [0.25, 0.3) is 16.8 Å². The van der Waals surface area contributed by atoms with Crippen molar-refractivity contribution >= 4 is 40.7 Å². The lowest BCUT2D eigenvalue weighted by atomic mass is 10.0. The summed E-state index contributed by atoms with van der Waals surface area (Å²) >= 11 is 1.38. The Bertz CT molecular complexity index is 1150. The van der Waals surface area contributed by atoms with Gasteiger partial charge >= 0.3 is 0 Å². The van der Waals surface area contributed by atoms with E-state index in [1.807, 2.05) is 59.0 Å². The molecule has 0 saturated heterocycles. The predicted molar refractivity (Wildman–Crippen MR) is 105 cm³/mol. The normalized spacial score (nSPS) is 16.6. The molecule has 27 heavy (non-hydrogen) atoms. The number of aromatic nitrogens is 4. The average Bonchev–Trinajstić information content (AvgIpc) is 3.42. The zero-order valence-electron chi connectivity index (χ0n) is 14.3. The molecule has 1 amide bonds. The number of nitrogens with one attached hydrogen (secondary N) is 1. The van der Waals surface area contributed by atoms with Crippen LogP contribution in [-0.4, -0.2) is 42.5 Å². The minimum atomic E-state index is -0.0387. The van der Waals surface area contributed by atoms with Gasteiger partial charge in [-0.2, -0.15) is 5.10 Å². The SMILES string of the molecule is O=C(CSc1n[nH]c2nc3ccccc3n12)N1N=CC[C@@H]1c1ccccc1. The molecule has 0 radical (unpaired) electrons. The summed E-state index contributed by atoms with van der Waals surface area (Å²) in [6.45, 7) is 0. The minimum Gasteiger partial charge on any atom is -0.272 e. The third-order valence-electron chi connectivity index (χ3n) is 4.60. The van der Waals surface area contributed by atoms with Gasteiger partial charge in [0.05, 0.1) is 22.8 Å². The van der Waals surface area contributed by atoms with Crippen molar-refractivity contribution in [1.29, 1.82) is 0 Å². The number of fused-ring (bicyclic) bond motifs is 3. The van der Waals surface area contributed by atoms with Crippen LogP contribution in [0.15, 0.2) is 64.9 Å². The smallest absolute Gasteiger partial charge is 0.253 e. The minimum absolute atomic E-state index is 0.0347. The van der Waals surface area contributed by atoms with Gasteiger partial charge in [-0.1, -0.05) is 54.2 Å². The van der Waals surface area contributed by atoms with Crippen LogP contribution >= 0.6 is 11.8 Å². The average molecular weight is 376 g/mol. The van der Waals surface area contributed by atoms with E-state index in [2.05, 4.69) is 20.3 Å². The van der Waals surface area contributed by atoms with Crippen molar-refractivity contribution in [2.24, 2.45) is 5.10 Å². The van der Waals surface area contributed by atoms with E-state index in [0.29, 0.717) is 10.9 Å². The number of rotatable bonds is 4. The summed E-state index contributed by atoms with van der Waals surface area (Å²) in [5.74, 6) is 0.892. The van der Waals surface area contributed by atoms with Gasteiger partial charge < -0.3 is 0 Å². The molecular weight excluding hydrogens is 360 g/mol. The van der Waals surface area contributed by atoms with Gasteiger partial charge in [0, 0.05) is 12.6 Å². The third kappa shape index (κ3) is 2.78. The highest BCUT2D eigenvalue weighted by molar-refractivity contribution is 7.99. The molecule has 4 aromatic rings. The number of hydrogen-bond acceptors (Lipinski definition) is 5. The van der Waals surface area contributed by atoms with Crippen molar-refractivity contribution in [3.05, 3.63) is 60.2 Å². The molecule has 0 unspecified atom stereocenters. The highest BCUT2D eigenvalue weighted by atomic mass is 32.2. The summed E-state index contributed by atoms with van der Waals surface area (Å²) in [5.41, 5.74) is 2.96. The molecular formula is C19H16N6OS. The first-order chi connectivity index (χ1) is 13.3. The first-order valence-corrected chi connectivity index (χ1v) is 9.63. The Labute approximate surface area is 159 Å². The van der Waals surface area contributed by atoms with E-state index in [1.54, 1.807) is 11.2 Å². The number of thioether (sulfide) groups is 1. The predicted octanol–water partition coefficient (Wildman–Crippen LogP) is 3.26. The molecule has 0 bridgehead atoms. The van der Waals surface area contributed by atoms with Crippen molar-refractivity contribution in [3.8, 4) is 0 Å². The van der Waals surface area contributed by atoms with Gasteiger partial charge in [-0.25, -0.2) is 15.1 Å². The topological polar surface area (TPSA) is 78.6 Å². The number of nitrogens with zero attached hydrogens (tertiary/aromatic N) is 5. The first-order valence-electron chi connectivity index (χ1n) is 8.65. The Balaban J connectivity index is 1.36. The molecule has 1 aliphatic heterocycles. The highest BCUT2D eigenvalue weighted by Gasteiger charge is 2.28. The maximum Gasteiger partial charge on any atom is 0.253 e. The molecule has 5 rings (SSSR count). The monoisotopic (exact) mass is 376 g/mol. The van der Waals surface area contributed by atoms with E-state index in [-0.39, 0.29) is 17.7 Å². The first kappa shape index (κ1) is 16.1. The third-order valence-corrected chi connectivity index (χ3v) is 5.52.